The monoisotopic (exact) mass is 171 g/mol. The summed E-state index contributed by atoms with van der Waals surface area (Å²) in [6, 6.07) is 0.488. The Morgan fingerprint density at radius 2 is 2.00 bits per heavy atom. The summed E-state index contributed by atoms with van der Waals surface area (Å²) in [6.45, 7) is 1.06. The molecule has 0 aliphatic heterocycles. The van der Waals surface area contributed by atoms with E-state index in [1.165, 1.54) is 25.7 Å². The minimum absolute atomic E-state index is 0.488. The molecule has 1 aliphatic carbocycles. The molecule has 1 unspecified atom stereocenters. The molecule has 0 aromatic carbocycles. The van der Waals surface area contributed by atoms with Crippen LogP contribution in [-0.4, -0.2) is 31.6 Å². The minimum atomic E-state index is 0.488. The highest BCUT2D eigenvalue weighted by atomic mass is 15.3. The van der Waals surface area contributed by atoms with Crippen LogP contribution in [-0.2, 0) is 0 Å². The van der Waals surface area contributed by atoms with Crippen molar-refractivity contribution in [2.75, 3.05) is 20.6 Å². The first-order valence-corrected chi connectivity index (χ1v) is 4.85. The van der Waals surface area contributed by atoms with Crippen LogP contribution in [0.5, 0.6) is 0 Å². The summed E-state index contributed by atoms with van der Waals surface area (Å²) in [7, 11) is 4.19. The molecule has 0 radical (unpaired) electrons. The lowest BCUT2D eigenvalue weighted by atomic mass is 9.98. The predicted octanol–water partition coefficient (Wildman–Crippen LogP) is 0.570. The van der Waals surface area contributed by atoms with E-state index in [-0.39, 0.29) is 0 Å². The van der Waals surface area contributed by atoms with Crippen LogP contribution in [0.15, 0.2) is 0 Å². The fourth-order valence-corrected chi connectivity index (χ4v) is 2.09. The Kier molecular flexibility index (Phi) is 3.98. The van der Waals surface area contributed by atoms with Gasteiger partial charge in [0.05, 0.1) is 0 Å². The lowest BCUT2D eigenvalue weighted by molar-refractivity contribution is 0.272. The molecule has 3 nitrogen and oxygen atoms in total. The smallest absolute Gasteiger partial charge is 0.0365 e. The van der Waals surface area contributed by atoms with E-state index in [4.69, 9.17) is 5.84 Å². The fraction of sp³-hybridized carbons (Fsp3) is 1.00. The van der Waals surface area contributed by atoms with Gasteiger partial charge in [0.1, 0.15) is 0 Å². The summed E-state index contributed by atoms with van der Waals surface area (Å²) in [5.74, 6) is 6.33. The van der Waals surface area contributed by atoms with Crippen LogP contribution in [0.2, 0.25) is 0 Å². The molecule has 1 saturated carbocycles. The Morgan fingerprint density at radius 1 is 1.42 bits per heavy atom. The molecule has 0 spiro atoms. The van der Waals surface area contributed by atoms with Crippen LogP contribution in [0.25, 0.3) is 0 Å². The number of rotatable bonds is 4. The van der Waals surface area contributed by atoms with Gasteiger partial charge in [0.25, 0.3) is 0 Å². The topological polar surface area (TPSA) is 41.3 Å². The Morgan fingerprint density at radius 3 is 2.42 bits per heavy atom. The average Bonchev–Trinajstić information content (AvgIpc) is 2.51. The molecule has 3 N–H and O–H groups in total. The third-order valence-electron chi connectivity index (χ3n) is 2.74. The van der Waals surface area contributed by atoms with E-state index in [1.54, 1.807) is 0 Å². The van der Waals surface area contributed by atoms with Crippen LogP contribution < -0.4 is 11.3 Å². The second-order valence-corrected chi connectivity index (χ2v) is 4.08. The molecule has 3 heteroatoms. The molecular formula is C9H21N3. The molecule has 0 amide bonds. The normalized spacial score (nSPS) is 22.0. The fourth-order valence-electron chi connectivity index (χ4n) is 2.09. The van der Waals surface area contributed by atoms with Gasteiger partial charge in [0.15, 0.2) is 0 Å². The highest BCUT2D eigenvalue weighted by Gasteiger charge is 2.24. The van der Waals surface area contributed by atoms with Crippen molar-refractivity contribution in [3.05, 3.63) is 0 Å². The summed E-state index contributed by atoms with van der Waals surface area (Å²) >= 11 is 0. The third-order valence-corrected chi connectivity index (χ3v) is 2.74. The first kappa shape index (κ1) is 9.96. The molecule has 1 rings (SSSR count). The highest BCUT2D eigenvalue weighted by molar-refractivity contribution is 4.80. The van der Waals surface area contributed by atoms with Crippen molar-refractivity contribution in [1.29, 1.82) is 0 Å². The van der Waals surface area contributed by atoms with Gasteiger partial charge in [0, 0.05) is 12.6 Å². The molecule has 72 valence electrons. The molecule has 1 aliphatic rings. The molecule has 0 aromatic heterocycles. The molecule has 0 aromatic rings. The van der Waals surface area contributed by atoms with E-state index < -0.39 is 0 Å². The van der Waals surface area contributed by atoms with Gasteiger partial charge < -0.3 is 4.90 Å². The lowest BCUT2D eigenvalue weighted by Gasteiger charge is -2.25. The molecule has 0 saturated heterocycles. The Balaban J connectivity index is 2.32. The first-order chi connectivity index (χ1) is 5.74. The molecule has 0 bridgehead atoms. The minimum Gasteiger partial charge on any atom is -0.308 e. The molecule has 0 heterocycles. The van der Waals surface area contributed by atoms with Crippen LogP contribution in [0.3, 0.4) is 0 Å². The number of hydrazine groups is 1. The maximum atomic E-state index is 5.52. The zero-order valence-electron chi connectivity index (χ0n) is 8.21. The van der Waals surface area contributed by atoms with Crippen molar-refractivity contribution in [1.82, 2.24) is 10.3 Å². The van der Waals surface area contributed by atoms with Crippen LogP contribution in [0.1, 0.15) is 25.7 Å². The van der Waals surface area contributed by atoms with Crippen molar-refractivity contribution in [3.8, 4) is 0 Å². The van der Waals surface area contributed by atoms with Gasteiger partial charge in [-0.05, 0) is 32.9 Å². The molecule has 1 fully saturated rings. The van der Waals surface area contributed by atoms with Gasteiger partial charge in [0.2, 0.25) is 0 Å². The Labute approximate surface area is 75.3 Å². The first-order valence-electron chi connectivity index (χ1n) is 4.85. The Bertz CT molecular complexity index is 119. The third kappa shape index (κ3) is 2.73. The summed E-state index contributed by atoms with van der Waals surface area (Å²) in [6.07, 6.45) is 5.47. The summed E-state index contributed by atoms with van der Waals surface area (Å²) in [5, 5.41) is 0. The van der Waals surface area contributed by atoms with E-state index in [9.17, 15) is 0 Å². The largest absolute Gasteiger partial charge is 0.308 e. The van der Waals surface area contributed by atoms with Gasteiger partial charge >= 0.3 is 0 Å². The zero-order chi connectivity index (χ0) is 8.97. The highest BCUT2D eigenvalue weighted by Crippen LogP contribution is 2.27. The van der Waals surface area contributed by atoms with Gasteiger partial charge in [-0.1, -0.05) is 12.8 Å². The maximum Gasteiger partial charge on any atom is 0.0365 e. The number of nitrogens with zero attached hydrogens (tertiary/aromatic N) is 1. The molecular weight excluding hydrogens is 150 g/mol. The van der Waals surface area contributed by atoms with Crippen LogP contribution in [0.4, 0.5) is 0 Å². The van der Waals surface area contributed by atoms with Crippen molar-refractivity contribution < 1.29 is 0 Å². The zero-order valence-corrected chi connectivity index (χ0v) is 8.21. The molecule has 1 atom stereocenters. The Hall–Kier alpha value is -0.120. The number of nitrogens with one attached hydrogen (secondary N) is 1. The van der Waals surface area contributed by atoms with Crippen molar-refractivity contribution >= 4 is 0 Å². The SMILES string of the molecule is CN(C)CC(NN)C1CCCC1. The number of hydrogen-bond acceptors (Lipinski definition) is 3. The number of hydrogen-bond donors (Lipinski definition) is 2. The number of likely N-dealkylation sites (N-methyl/N-ethyl adjacent to an activating group) is 1. The van der Waals surface area contributed by atoms with Crippen LogP contribution in [0, 0.1) is 5.92 Å². The lowest BCUT2D eigenvalue weighted by Crippen LogP contribution is -2.46. The van der Waals surface area contributed by atoms with E-state index in [0.29, 0.717) is 6.04 Å². The van der Waals surface area contributed by atoms with E-state index in [2.05, 4.69) is 24.4 Å². The molecule has 12 heavy (non-hydrogen) atoms. The van der Waals surface area contributed by atoms with Crippen molar-refractivity contribution in [2.45, 2.75) is 31.7 Å². The van der Waals surface area contributed by atoms with Gasteiger partial charge in [-0.25, -0.2) is 0 Å². The van der Waals surface area contributed by atoms with Crippen molar-refractivity contribution in [3.63, 3.8) is 0 Å². The van der Waals surface area contributed by atoms with E-state index in [0.717, 1.165) is 12.5 Å². The van der Waals surface area contributed by atoms with E-state index in [1.807, 2.05) is 0 Å². The maximum absolute atomic E-state index is 5.52. The quantitative estimate of drug-likeness (QED) is 0.480. The van der Waals surface area contributed by atoms with E-state index >= 15 is 0 Å². The van der Waals surface area contributed by atoms with Crippen molar-refractivity contribution in [2.24, 2.45) is 11.8 Å². The standard InChI is InChI=1S/C9H21N3/c1-12(2)7-9(11-10)8-5-3-4-6-8/h8-9,11H,3-7,10H2,1-2H3. The van der Waals surface area contributed by atoms with Gasteiger partial charge in [-0.3, -0.25) is 11.3 Å². The average molecular weight is 171 g/mol. The summed E-state index contributed by atoms with van der Waals surface area (Å²) in [4.78, 5) is 2.20. The van der Waals surface area contributed by atoms with Gasteiger partial charge in [-0.15, -0.1) is 0 Å². The number of nitrogens with two attached hydrogens (primary N) is 1. The van der Waals surface area contributed by atoms with Gasteiger partial charge in [-0.2, -0.15) is 0 Å². The second kappa shape index (κ2) is 4.80. The predicted molar refractivity (Wildman–Crippen MR) is 51.6 cm³/mol. The summed E-state index contributed by atoms with van der Waals surface area (Å²) in [5.41, 5.74) is 2.93. The summed E-state index contributed by atoms with van der Waals surface area (Å²) < 4.78 is 0. The van der Waals surface area contributed by atoms with Crippen LogP contribution >= 0.6 is 0 Å². The second-order valence-electron chi connectivity index (χ2n) is 4.08.